The van der Waals surface area contributed by atoms with Gasteiger partial charge in [0.15, 0.2) is 0 Å². The highest BCUT2D eigenvalue weighted by molar-refractivity contribution is 7.14. The number of esters is 2. The van der Waals surface area contributed by atoms with E-state index in [-0.39, 0.29) is 18.1 Å². The standard InChI is InChI=1S/C13H13NO2S.C13H13NO2/c1-2-16-13(15)11-10(8-17-12(11)14)9-6-4-3-5-7-9;1-3-16-13(15)12(9-14)10(2)11-7-5-4-6-8-11/h3-8H,2,14H2,1H3;4-8H,3H2,1-2H3. The molecule has 170 valence electrons. The van der Waals surface area contributed by atoms with Crippen molar-refractivity contribution in [2.45, 2.75) is 20.8 Å². The smallest absolute Gasteiger partial charge is 0.349 e. The molecule has 0 unspecified atom stereocenters. The lowest BCUT2D eigenvalue weighted by Crippen LogP contribution is -2.07. The number of benzene rings is 2. The first kappa shape index (κ1) is 25.4. The summed E-state index contributed by atoms with van der Waals surface area (Å²) < 4.78 is 9.84. The molecule has 1 heterocycles. The average Bonchev–Trinajstić information content (AvgIpc) is 3.23. The van der Waals surface area contributed by atoms with Crippen LogP contribution in [0, 0.1) is 11.3 Å². The Morgan fingerprint density at radius 1 is 0.970 bits per heavy atom. The summed E-state index contributed by atoms with van der Waals surface area (Å²) in [4.78, 5) is 23.3. The normalized spacial score (nSPS) is 10.7. The van der Waals surface area contributed by atoms with Gasteiger partial charge in [0.1, 0.15) is 22.2 Å². The molecule has 6 nitrogen and oxygen atoms in total. The number of hydrogen-bond donors (Lipinski definition) is 1. The second-order valence-corrected chi connectivity index (χ2v) is 7.58. The van der Waals surface area contributed by atoms with Gasteiger partial charge in [-0.15, -0.1) is 11.3 Å². The molecule has 0 atom stereocenters. The van der Waals surface area contributed by atoms with Crippen molar-refractivity contribution < 1.29 is 19.1 Å². The molecule has 0 fully saturated rings. The van der Waals surface area contributed by atoms with Crippen LogP contribution >= 0.6 is 11.3 Å². The van der Waals surface area contributed by atoms with E-state index >= 15 is 0 Å². The first-order valence-electron chi connectivity index (χ1n) is 10.4. The third kappa shape index (κ3) is 6.79. The summed E-state index contributed by atoms with van der Waals surface area (Å²) >= 11 is 1.36. The highest BCUT2D eigenvalue weighted by Crippen LogP contribution is 2.33. The number of thiophene rings is 1. The number of nitrogens with zero attached hydrogens (tertiary/aromatic N) is 1. The third-order valence-electron chi connectivity index (χ3n) is 4.56. The van der Waals surface area contributed by atoms with Crippen LogP contribution in [0.3, 0.4) is 0 Å². The van der Waals surface area contributed by atoms with E-state index in [0.717, 1.165) is 16.7 Å². The number of carbonyl (C=O) groups is 2. The van der Waals surface area contributed by atoms with E-state index < -0.39 is 5.97 Å². The predicted molar refractivity (Wildman–Crippen MR) is 131 cm³/mol. The van der Waals surface area contributed by atoms with Crippen LogP contribution in [0.1, 0.15) is 36.7 Å². The van der Waals surface area contributed by atoms with Gasteiger partial charge in [-0.1, -0.05) is 60.7 Å². The SMILES string of the molecule is CCOC(=O)C(C#N)=C(C)c1ccccc1.CCOC(=O)c1c(-c2ccccc2)csc1N. The number of nitrogens with two attached hydrogens (primary N) is 1. The summed E-state index contributed by atoms with van der Waals surface area (Å²) in [5.74, 6) is -0.920. The number of rotatable bonds is 6. The summed E-state index contributed by atoms with van der Waals surface area (Å²) in [6.07, 6.45) is 0. The highest BCUT2D eigenvalue weighted by Gasteiger charge is 2.19. The van der Waals surface area contributed by atoms with Crippen molar-refractivity contribution in [2.24, 2.45) is 0 Å². The summed E-state index contributed by atoms with van der Waals surface area (Å²) in [7, 11) is 0. The maximum Gasteiger partial charge on any atom is 0.349 e. The number of nitriles is 1. The van der Waals surface area contributed by atoms with Gasteiger partial charge in [0, 0.05) is 10.9 Å². The van der Waals surface area contributed by atoms with Gasteiger partial charge in [0.2, 0.25) is 0 Å². The van der Waals surface area contributed by atoms with Gasteiger partial charge in [0.25, 0.3) is 0 Å². The monoisotopic (exact) mass is 462 g/mol. The second kappa shape index (κ2) is 12.8. The number of allylic oxidation sites excluding steroid dienone is 1. The minimum absolute atomic E-state index is 0.0630. The van der Waals surface area contributed by atoms with Crippen molar-refractivity contribution in [1.82, 2.24) is 0 Å². The molecule has 0 spiro atoms. The summed E-state index contributed by atoms with van der Waals surface area (Å²) in [5.41, 5.74) is 9.67. The van der Waals surface area contributed by atoms with E-state index in [4.69, 9.17) is 20.5 Å². The van der Waals surface area contributed by atoms with Gasteiger partial charge in [-0.05, 0) is 37.5 Å². The fourth-order valence-electron chi connectivity index (χ4n) is 2.94. The van der Waals surface area contributed by atoms with Crippen molar-refractivity contribution >= 4 is 33.8 Å². The molecule has 7 heteroatoms. The minimum Gasteiger partial charge on any atom is -0.462 e. The van der Waals surface area contributed by atoms with Crippen LogP contribution in [-0.2, 0) is 14.3 Å². The van der Waals surface area contributed by atoms with Gasteiger partial charge < -0.3 is 15.2 Å². The van der Waals surface area contributed by atoms with E-state index in [1.54, 1.807) is 20.8 Å². The quantitative estimate of drug-likeness (QED) is 0.285. The van der Waals surface area contributed by atoms with Crippen LogP contribution in [0.4, 0.5) is 5.00 Å². The van der Waals surface area contributed by atoms with Gasteiger partial charge in [-0.25, -0.2) is 9.59 Å². The molecule has 3 rings (SSSR count). The maximum atomic E-state index is 11.8. The largest absolute Gasteiger partial charge is 0.462 e. The molecule has 0 aliphatic heterocycles. The Labute approximate surface area is 197 Å². The average molecular weight is 463 g/mol. The van der Waals surface area contributed by atoms with Gasteiger partial charge in [-0.3, -0.25) is 0 Å². The molecule has 0 amide bonds. The predicted octanol–water partition coefficient (Wildman–Crippen LogP) is 5.72. The highest BCUT2D eigenvalue weighted by atomic mass is 32.1. The van der Waals surface area contributed by atoms with Crippen LogP contribution in [0.25, 0.3) is 16.7 Å². The third-order valence-corrected chi connectivity index (χ3v) is 5.37. The van der Waals surface area contributed by atoms with Gasteiger partial charge >= 0.3 is 11.9 Å². The summed E-state index contributed by atoms with van der Waals surface area (Å²) in [6, 6.07) is 20.9. The Hall–Kier alpha value is -3.89. The number of carbonyl (C=O) groups excluding carboxylic acids is 2. The topological polar surface area (TPSA) is 102 Å². The van der Waals surface area contributed by atoms with Crippen molar-refractivity contribution in [3.05, 3.63) is 82.7 Å². The molecule has 0 radical (unpaired) electrons. The van der Waals surface area contributed by atoms with Crippen molar-refractivity contribution in [1.29, 1.82) is 5.26 Å². The summed E-state index contributed by atoms with van der Waals surface area (Å²) in [6.45, 7) is 5.85. The lowest BCUT2D eigenvalue weighted by atomic mass is 10.0. The number of nitrogen functional groups attached to an aromatic ring is 1. The van der Waals surface area contributed by atoms with Crippen molar-refractivity contribution in [2.75, 3.05) is 18.9 Å². The van der Waals surface area contributed by atoms with E-state index in [0.29, 0.717) is 22.7 Å². The molecule has 1 aromatic heterocycles. The van der Waals surface area contributed by atoms with Crippen molar-refractivity contribution in [3.63, 3.8) is 0 Å². The van der Waals surface area contributed by atoms with Crippen LogP contribution < -0.4 is 5.73 Å². The molecule has 33 heavy (non-hydrogen) atoms. The molecular weight excluding hydrogens is 436 g/mol. The van der Waals surface area contributed by atoms with E-state index in [2.05, 4.69) is 0 Å². The lowest BCUT2D eigenvalue weighted by molar-refractivity contribution is -0.137. The Morgan fingerprint density at radius 3 is 2.09 bits per heavy atom. The van der Waals surface area contributed by atoms with Crippen LogP contribution in [0.5, 0.6) is 0 Å². The Kier molecular flexibility index (Phi) is 9.87. The Bertz CT molecular complexity index is 1150. The zero-order valence-electron chi connectivity index (χ0n) is 18.8. The van der Waals surface area contributed by atoms with Crippen LogP contribution in [0.2, 0.25) is 0 Å². The fourth-order valence-corrected chi connectivity index (χ4v) is 3.75. The zero-order valence-corrected chi connectivity index (χ0v) is 19.6. The molecule has 2 N–H and O–H groups in total. The van der Waals surface area contributed by atoms with E-state index in [1.807, 2.05) is 72.1 Å². The molecule has 0 aliphatic carbocycles. The molecule has 0 aliphatic rings. The second-order valence-electron chi connectivity index (χ2n) is 6.67. The lowest BCUT2D eigenvalue weighted by Gasteiger charge is -2.05. The van der Waals surface area contributed by atoms with E-state index in [9.17, 15) is 9.59 Å². The maximum absolute atomic E-state index is 11.8. The molecule has 0 saturated carbocycles. The molecule has 0 saturated heterocycles. The zero-order chi connectivity index (χ0) is 24.2. The number of ether oxygens (including phenoxy) is 2. The molecule has 0 bridgehead atoms. The van der Waals surface area contributed by atoms with Gasteiger partial charge in [0.05, 0.1) is 13.2 Å². The Balaban J connectivity index is 0.000000234. The first-order chi connectivity index (χ1) is 15.9. The summed E-state index contributed by atoms with van der Waals surface area (Å²) in [5, 5.41) is 11.3. The molecule has 2 aromatic carbocycles. The number of anilines is 1. The molecule has 3 aromatic rings. The fraction of sp³-hybridized carbons (Fsp3) is 0.192. The Morgan fingerprint density at radius 2 is 1.55 bits per heavy atom. The van der Waals surface area contributed by atoms with Crippen LogP contribution in [-0.4, -0.2) is 25.2 Å². The first-order valence-corrected chi connectivity index (χ1v) is 11.2. The van der Waals surface area contributed by atoms with Crippen molar-refractivity contribution in [3.8, 4) is 17.2 Å². The van der Waals surface area contributed by atoms with Crippen LogP contribution in [0.15, 0.2) is 71.6 Å². The number of hydrogen-bond acceptors (Lipinski definition) is 7. The minimum atomic E-state index is -0.564. The molecular formula is C26H26N2O4S. The van der Waals surface area contributed by atoms with E-state index in [1.165, 1.54) is 11.3 Å². The van der Waals surface area contributed by atoms with Gasteiger partial charge in [-0.2, -0.15) is 5.26 Å².